The molecule has 3 aromatic carbocycles. The maximum Gasteiger partial charge on any atom is 0.227 e. The molecule has 2 heterocycles. The summed E-state index contributed by atoms with van der Waals surface area (Å²) in [6, 6.07) is 23.2. The van der Waals surface area contributed by atoms with Crippen molar-refractivity contribution in [3.05, 3.63) is 83.4 Å². The summed E-state index contributed by atoms with van der Waals surface area (Å²) in [5, 5.41) is 0. The van der Waals surface area contributed by atoms with E-state index in [9.17, 15) is 4.79 Å². The first-order valence-electron chi connectivity index (χ1n) is 11.2. The molecule has 0 fully saturated rings. The van der Waals surface area contributed by atoms with Crippen molar-refractivity contribution in [2.24, 2.45) is 0 Å². The molecule has 0 aromatic heterocycles. The Hall–Kier alpha value is -3.31. The summed E-state index contributed by atoms with van der Waals surface area (Å²) in [7, 11) is 3.84. The van der Waals surface area contributed by atoms with Crippen LogP contribution in [0.25, 0.3) is 0 Å². The topological polar surface area (TPSA) is 36.0 Å². The van der Waals surface area contributed by atoms with Gasteiger partial charge in [-0.2, -0.15) is 0 Å². The van der Waals surface area contributed by atoms with Gasteiger partial charge < -0.3 is 19.4 Å². The van der Waals surface area contributed by atoms with Crippen molar-refractivity contribution in [2.45, 2.75) is 25.9 Å². The highest BCUT2D eigenvalue weighted by Gasteiger charge is 2.26. The average Bonchev–Trinajstić information content (AvgIpc) is 2.99. The van der Waals surface area contributed by atoms with E-state index in [-0.39, 0.29) is 5.91 Å². The summed E-state index contributed by atoms with van der Waals surface area (Å²) in [5.74, 6) is 1.01. The summed E-state index contributed by atoms with van der Waals surface area (Å²) in [5.41, 5.74) is 7.19. The number of methoxy groups -OCH3 is 1. The quantitative estimate of drug-likeness (QED) is 0.602. The van der Waals surface area contributed by atoms with Gasteiger partial charge in [0.05, 0.1) is 13.7 Å². The van der Waals surface area contributed by atoms with Gasteiger partial charge in [-0.05, 0) is 66.6 Å². The summed E-state index contributed by atoms with van der Waals surface area (Å²) in [6.07, 6.45) is 1.34. The highest BCUT2D eigenvalue weighted by molar-refractivity contribution is 5.96. The number of hydrogen-bond donors (Lipinski definition) is 0. The minimum Gasteiger partial charge on any atom is -0.497 e. The van der Waals surface area contributed by atoms with Crippen molar-refractivity contribution in [1.29, 1.82) is 0 Å². The highest BCUT2D eigenvalue weighted by atomic mass is 16.5. The lowest BCUT2D eigenvalue weighted by molar-refractivity contribution is -0.119. The summed E-state index contributed by atoms with van der Waals surface area (Å²) in [6.45, 7) is 3.49. The summed E-state index contributed by atoms with van der Waals surface area (Å²) in [4.78, 5) is 19.5. The molecular formula is C27H29N3O2. The zero-order valence-corrected chi connectivity index (χ0v) is 18.8. The number of carbonyl (C=O) groups is 1. The van der Waals surface area contributed by atoms with Crippen LogP contribution < -0.4 is 14.5 Å². The second-order valence-electron chi connectivity index (χ2n) is 8.66. The summed E-state index contributed by atoms with van der Waals surface area (Å²) < 4.78 is 5.26. The molecular weight excluding hydrogens is 398 g/mol. The lowest BCUT2D eigenvalue weighted by Crippen LogP contribution is -2.34. The van der Waals surface area contributed by atoms with Crippen LogP contribution in [0.5, 0.6) is 5.75 Å². The van der Waals surface area contributed by atoms with Crippen LogP contribution in [0.15, 0.2) is 66.7 Å². The largest absolute Gasteiger partial charge is 0.497 e. The number of nitrogens with zero attached hydrogens (tertiary/aromatic N) is 3. The van der Waals surface area contributed by atoms with Gasteiger partial charge in [0.15, 0.2) is 0 Å². The van der Waals surface area contributed by atoms with Gasteiger partial charge in [-0.3, -0.25) is 4.79 Å². The second kappa shape index (κ2) is 8.67. The molecule has 2 aliphatic heterocycles. The molecule has 0 spiro atoms. The molecule has 32 heavy (non-hydrogen) atoms. The number of benzene rings is 3. The number of ether oxygens (including phenoxy) is 1. The van der Waals surface area contributed by atoms with Gasteiger partial charge in [0.25, 0.3) is 0 Å². The second-order valence-corrected chi connectivity index (χ2v) is 8.66. The van der Waals surface area contributed by atoms with E-state index in [1.165, 1.54) is 22.5 Å². The Labute approximate surface area is 189 Å². The lowest BCUT2D eigenvalue weighted by atomic mass is 9.99. The lowest BCUT2D eigenvalue weighted by Gasteiger charge is -2.32. The maximum atomic E-state index is 12.8. The Morgan fingerprint density at radius 3 is 2.50 bits per heavy atom. The standard InChI is InChI=1S/C27H29N3O2/c1-28-15-16-29(25-6-4-3-5-22(25)19-28)23-10-13-26-21(17-23)9-14-27(31)30(26)18-20-7-11-24(32-2)12-8-20/h3-8,10-13,17H,9,14-16,18-19H2,1-2H3. The monoisotopic (exact) mass is 427 g/mol. The molecule has 164 valence electrons. The van der Waals surface area contributed by atoms with Gasteiger partial charge in [-0.25, -0.2) is 0 Å². The van der Waals surface area contributed by atoms with E-state index >= 15 is 0 Å². The number of anilines is 3. The van der Waals surface area contributed by atoms with Gasteiger partial charge in [-0.1, -0.05) is 30.3 Å². The van der Waals surface area contributed by atoms with Crippen molar-refractivity contribution in [3.8, 4) is 5.75 Å². The number of carbonyl (C=O) groups excluding carboxylic acids is 1. The number of para-hydroxylation sites is 1. The highest BCUT2D eigenvalue weighted by Crippen LogP contribution is 2.37. The van der Waals surface area contributed by atoms with Crippen LogP contribution in [0.4, 0.5) is 17.1 Å². The first-order valence-corrected chi connectivity index (χ1v) is 11.2. The third-order valence-corrected chi connectivity index (χ3v) is 6.50. The maximum absolute atomic E-state index is 12.8. The third-order valence-electron chi connectivity index (χ3n) is 6.50. The predicted molar refractivity (Wildman–Crippen MR) is 129 cm³/mol. The molecule has 1 amide bonds. The fraction of sp³-hybridized carbons (Fsp3) is 0.296. The predicted octanol–water partition coefficient (Wildman–Crippen LogP) is 4.76. The Morgan fingerprint density at radius 2 is 1.69 bits per heavy atom. The Balaban J connectivity index is 1.46. The average molecular weight is 428 g/mol. The molecule has 0 N–H and O–H groups in total. The number of rotatable bonds is 4. The molecule has 5 rings (SSSR count). The normalized spacial score (nSPS) is 16.4. The number of amides is 1. The van der Waals surface area contributed by atoms with E-state index in [0.717, 1.165) is 43.1 Å². The van der Waals surface area contributed by atoms with E-state index in [2.05, 4.69) is 59.3 Å². The fourth-order valence-corrected chi connectivity index (χ4v) is 4.74. The number of hydrogen-bond acceptors (Lipinski definition) is 4. The van der Waals surface area contributed by atoms with Gasteiger partial charge in [0, 0.05) is 43.1 Å². The smallest absolute Gasteiger partial charge is 0.227 e. The van der Waals surface area contributed by atoms with Crippen molar-refractivity contribution in [1.82, 2.24) is 4.90 Å². The van der Waals surface area contributed by atoms with Crippen LogP contribution in [-0.4, -0.2) is 38.1 Å². The fourth-order valence-electron chi connectivity index (χ4n) is 4.74. The van der Waals surface area contributed by atoms with Gasteiger partial charge in [0.1, 0.15) is 5.75 Å². The van der Waals surface area contributed by atoms with Gasteiger partial charge in [-0.15, -0.1) is 0 Å². The van der Waals surface area contributed by atoms with Crippen molar-refractivity contribution < 1.29 is 9.53 Å². The van der Waals surface area contributed by atoms with Crippen LogP contribution in [-0.2, 0) is 24.3 Å². The SMILES string of the molecule is COc1ccc(CN2C(=O)CCc3cc(N4CCN(C)Cc5ccccc54)ccc32)cc1. The molecule has 5 heteroatoms. The molecule has 0 unspecified atom stereocenters. The molecule has 0 atom stereocenters. The number of aryl methyl sites for hydroxylation is 1. The molecule has 0 radical (unpaired) electrons. The van der Waals surface area contributed by atoms with Crippen molar-refractivity contribution in [3.63, 3.8) is 0 Å². The molecule has 2 aliphatic rings. The van der Waals surface area contributed by atoms with E-state index in [0.29, 0.717) is 13.0 Å². The molecule has 0 saturated carbocycles. The van der Waals surface area contributed by atoms with Crippen LogP contribution >= 0.6 is 0 Å². The van der Waals surface area contributed by atoms with Crippen LogP contribution in [0.1, 0.15) is 23.1 Å². The molecule has 0 bridgehead atoms. The van der Waals surface area contributed by atoms with Crippen LogP contribution in [0.3, 0.4) is 0 Å². The molecule has 3 aromatic rings. The van der Waals surface area contributed by atoms with Crippen molar-refractivity contribution >= 4 is 23.0 Å². The minimum atomic E-state index is 0.183. The first-order chi connectivity index (χ1) is 15.6. The van der Waals surface area contributed by atoms with E-state index < -0.39 is 0 Å². The van der Waals surface area contributed by atoms with E-state index in [1.807, 2.05) is 29.2 Å². The zero-order chi connectivity index (χ0) is 22.1. The number of fused-ring (bicyclic) bond motifs is 2. The Morgan fingerprint density at radius 1 is 0.875 bits per heavy atom. The Bertz CT molecular complexity index is 1130. The minimum absolute atomic E-state index is 0.183. The van der Waals surface area contributed by atoms with Crippen LogP contribution in [0, 0.1) is 0 Å². The van der Waals surface area contributed by atoms with E-state index in [1.54, 1.807) is 7.11 Å². The third kappa shape index (κ3) is 3.96. The van der Waals surface area contributed by atoms with Crippen LogP contribution in [0.2, 0.25) is 0 Å². The first kappa shape index (κ1) is 20.6. The summed E-state index contributed by atoms with van der Waals surface area (Å²) >= 11 is 0. The number of likely N-dealkylation sites (N-methyl/N-ethyl adjacent to an activating group) is 1. The van der Waals surface area contributed by atoms with Crippen molar-refractivity contribution in [2.75, 3.05) is 37.0 Å². The van der Waals surface area contributed by atoms with Gasteiger partial charge >= 0.3 is 0 Å². The van der Waals surface area contributed by atoms with E-state index in [4.69, 9.17) is 4.74 Å². The molecule has 0 aliphatic carbocycles. The zero-order valence-electron chi connectivity index (χ0n) is 18.8. The Kier molecular flexibility index (Phi) is 5.58. The molecule has 5 nitrogen and oxygen atoms in total. The van der Waals surface area contributed by atoms with Gasteiger partial charge in [0.2, 0.25) is 5.91 Å². The molecule has 0 saturated heterocycles.